The quantitative estimate of drug-likeness (QED) is 0.766. The summed E-state index contributed by atoms with van der Waals surface area (Å²) in [4.78, 5) is 33.5. The molecule has 138 valence electrons. The van der Waals surface area contributed by atoms with Crippen LogP contribution < -0.4 is 10.3 Å². The molecule has 0 saturated carbocycles. The van der Waals surface area contributed by atoms with Crippen molar-refractivity contribution in [2.45, 2.75) is 44.4 Å². The molecule has 0 unspecified atom stereocenters. The van der Waals surface area contributed by atoms with Crippen molar-refractivity contribution in [1.29, 1.82) is 0 Å². The Balaban J connectivity index is 1.64. The molecule has 3 rings (SSSR count). The van der Waals surface area contributed by atoms with Crippen LogP contribution in [0.1, 0.15) is 42.8 Å². The second kappa shape index (κ2) is 6.53. The van der Waals surface area contributed by atoms with E-state index >= 15 is 0 Å². The van der Waals surface area contributed by atoms with Crippen LogP contribution >= 0.6 is 0 Å². The number of likely N-dealkylation sites (tertiary alicyclic amines) is 1. The molecular formula is C16H24N4O4S. The Kier molecular flexibility index (Phi) is 4.72. The highest BCUT2D eigenvalue weighted by Crippen LogP contribution is 2.44. The molecule has 2 heterocycles. The van der Waals surface area contributed by atoms with Gasteiger partial charge in [-0.15, -0.1) is 0 Å². The molecule has 9 heteroatoms. The smallest absolute Gasteiger partial charge is 0.254 e. The molecule has 1 aliphatic carbocycles. The lowest BCUT2D eigenvalue weighted by Gasteiger charge is -2.39. The Morgan fingerprint density at radius 2 is 2.00 bits per heavy atom. The molecule has 1 saturated heterocycles. The number of aryl methyl sites for hydroxylation is 1. The number of hydrogen-bond acceptors (Lipinski definition) is 5. The van der Waals surface area contributed by atoms with Crippen molar-refractivity contribution in [3.05, 3.63) is 27.4 Å². The minimum absolute atomic E-state index is 0.0373. The minimum Gasteiger partial charge on any atom is -0.343 e. The summed E-state index contributed by atoms with van der Waals surface area (Å²) in [5, 5.41) is 0. The van der Waals surface area contributed by atoms with E-state index in [-0.39, 0.29) is 29.8 Å². The molecule has 1 aromatic rings. The van der Waals surface area contributed by atoms with Gasteiger partial charge in [-0.05, 0) is 32.6 Å². The first kappa shape index (κ1) is 18.1. The third kappa shape index (κ3) is 3.77. The molecule has 1 fully saturated rings. The second-order valence-electron chi connectivity index (χ2n) is 7.06. The fraction of sp³-hybridized carbons (Fsp3) is 0.688. The van der Waals surface area contributed by atoms with E-state index in [0.717, 1.165) is 43.2 Å². The maximum atomic E-state index is 12.3. The van der Waals surface area contributed by atoms with Crippen LogP contribution in [0.2, 0.25) is 0 Å². The minimum atomic E-state index is -3.27. The van der Waals surface area contributed by atoms with Crippen LogP contribution in [0.5, 0.6) is 0 Å². The van der Waals surface area contributed by atoms with Crippen molar-refractivity contribution in [3.63, 3.8) is 0 Å². The Labute approximate surface area is 147 Å². The molecule has 1 aromatic heterocycles. The number of carbonyl (C=O) groups is 1. The lowest BCUT2D eigenvalue weighted by molar-refractivity contribution is -0.132. The van der Waals surface area contributed by atoms with Gasteiger partial charge in [-0.2, -0.15) is 0 Å². The van der Waals surface area contributed by atoms with Gasteiger partial charge in [-0.25, -0.2) is 18.1 Å². The maximum Gasteiger partial charge on any atom is 0.254 e. The molecular weight excluding hydrogens is 344 g/mol. The Morgan fingerprint density at radius 3 is 2.64 bits per heavy atom. The standard InChI is InChI=1S/C16H24N4O4S/c1-11-18-14-12(15(22)19-11)3-5-16(14)6-9-20(10-7-16)13(21)4-8-17-25(2,23)24/h17H,3-10H2,1-2H3,(H,18,19,22). The van der Waals surface area contributed by atoms with Crippen molar-refractivity contribution in [3.8, 4) is 0 Å². The molecule has 2 aliphatic rings. The van der Waals surface area contributed by atoms with Crippen molar-refractivity contribution in [2.24, 2.45) is 0 Å². The van der Waals surface area contributed by atoms with Gasteiger partial charge in [0.05, 0.1) is 11.9 Å². The van der Waals surface area contributed by atoms with Gasteiger partial charge in [-0.1, -0.05) is 0 Å². The summed E-state index contributed by atoms with van der Waals surface area (Å²) in [7, 11) is -3.27. The summed E-state index contributed by atoms with van der Waals surface area (Å²) in [6.45, 7) is 3.15. The molecule has 25 heavy (non-hydrogen) atoms. The number of piperidine rings is 1. The van der Waals surface area contributed by atoms with Crippen LogP contribution in [0.25, 0.3) is 0 Å². The highest BCUT2D eigenvalue weighted by Gasteiger charge is 2.44. The van der Waals surface area contributed by atoms with Crippen molar-refractivity contribution in [2.75, 3.05) is 25.9 Å². The number of aromatic amines is 1. The van der Waals surface area contributed by atoms with Gasteiger partial charge in [0.15, 0.2) is 0 Å². The summed E-state index contributed by atoms with van der Waals surface area (Å²) >= 11 is 0. The molecule has 8 nitrogen and oxygen atoms in total. The number of nitrogens with zero attached hydrogens (tertiary/aromatic N) is 2. The number of fused-ring (bicyclic) bond motifs is 2. The number of H-pyrrole nitrogens is 1. The van der Waals surface area contributed by atoms with Gasteiger partial charge in [0.1, 0.15) is 5.82 Å². The number of hydrogen-bond donors (Lipinski definition) is 2. The normalized spacial score (nSPS) is 19.2. The van der Waals surface area contributed by atoms with E-state index in [1.54, 1.807) is 11.8 Å². The van der Waals surface area contributed by atoms with E-state index in [9.17, 15) is 18.0 Å². The van der Waals surface area contributed by atoms with Gasteiger partial charge in [0.2, 0.25) is 15.9 Å². The van der Waals surface area contributed by atoms with Crippen LogP contribution in [0.4, 0.5) is 0 Å². The monoisotopic (exact) mass is 368 g/mol. The van der Waals surface area contributed by atoms with Crippen LogP contribution in [-0.4, -0.2) is 55.1 Å². The highest BCUT2D eigenvalue weighted by atomic mass is 32.2. The zero-order valence-corrected chi connectivity index (χ0v) is 15.4. The lowest BCUT2D eigenvalue weighted by Crippen LogP contribution is -2.45. The number of nitrogens with one attached hydrogen (secondary N) is 2. The fourth-order valence-electron chi connectivity index (χ4n) is 3.94. The average Bonchev–Trinajstić information content (AvgIpc) is 2.85. The zero-order valence-electron chi connectivity index (χ0n) is 14.6. The van der Waals surface area contributed by atoms with Gasteiger partial charge in [-0.3, -0.25) is 9.59 Å². The van der Waals surface area contributed by atoms with Crippen molar-refractivity contribution >= 4 is 15.9 Å². The summed E-state index contributed by atoms with van der Waals surface area (Å²) in [6.07, 6.45) is 4.47. The molecule has 1 spiro atoms. The van der Waals surface area contributed by atoms with Crippen molar-refractivity contribution < 1.29 is 13.2 Å². The summed E-state index contributed by atoms with van der Waals surface area (Å²) in [6, 6.07) is 0. The first-order valence-corrected chi connectivity index (χ1v) is 10.4. The predicted molar refractivity (Wildman–Crippen MR) is 92.9 cm³/mol. The first-order valence-electron chi connectivity index (χ1n) is 8.53. The molecule has 0 aromatic carbocycles. The van der Waals surface area contributed by atoms with Crippen LogP contribution in [0, 0.1) is 6.92 Å². The van der Waals surface area contributed by atoms with Crippen LogP contribution in [-0.2, 0) is 26.7 Å². The SMILES string of the molecule is Cc1nc2c(c(=O)[nH]1)CCC21CCN(C(=O)CCNS(C)(=O)=O)CC1. The Hall–Kier alpha value is -1.74. The number of aromatic nitrogens is 2. The van der Waals surface area contributed by atoms with Gasteiger partial charge >= 0.3 is 0 Å². The zero-order chi connectivity index (χ0) is 18.2. The molecule has 2 N–H and O–H groups in total. The number of rotatable bonds is 4. The van der Waals surface area contributed by atoms with E-state index in [0.29, 0.717) is 18.9 Å². The number of amides is 1. The van der Waals surface area contributed by atoms with Gasteiger partial charge < -0.3 is 9.88 Å². The summed E-state index contributed by atoms with van der Waals surface area (Å²) in [5.74, 6) is 0.592. The van der Waals surface area contributed by atoms with Gasteiger partial charge in [0, 0.05) is 37.0 Å². The lowest BCUT2D eigenvalue weighted by atomic mass is 9.76. The topological polar surface area (TPSA) is 112 Å². The Bertz CT molecular complexity index is 838. The number of sulfonamides is 1. The first-order chi connectivity index (χ1) is 11.7. The molecule has 1 aliphatic heterocycles. The second-order valence-corrected chi connectivity index (χ2v) is 8.89. The largest absolute Gasteiger partial charge is 0.343 e. The third-order valence-corrected chi connectivity index (χ3v) is 5.99. The van der Waals surface area contributed by atoms with Crippen LogP contribution in [0.3, 0.4) is 0 Å². The van der Waals surface area contributed by atoms with Crippen molar-refractivity contribution in [1.82, 2.24) is 19.6 Å². The number of carbonyl (C=O) groups excluding carboxylic acids is 1. The van der Waals surface area contributed by atoms with Gasteiger partial charge in [0.25, 0.3) is 5.56 Å². The van der Waals surface area contributed by atoms with E-state index in [2.05, 4.69) is 14.7 Å². The summed E-state index contributed by atoms with van der Waals surface area (Å²) in [5.41, 5.74) is 1.57. The maximum absolute atomic E-state index is 12.3. The Morgan fingerprint density at radius 1 is 1.32 bits per heavy atom. The highest BCUT2D eigenvalue weighted by molar-refractivity contribution is 7.88. The molecule has 0 radical (unpaired) electrons. The van der Waals surface area contributed by atoms with E-state index in [1.165, 1.54) is 0 Å². The van der Waals surface area contributed by atoms with E-state index < -0.39 is 10.0 Å². The molecule has 0 atom stereocenters. The summed E-state index contributed by atoms with van der Waals surface area (Å²) < 4.78 is 24.5. The van der Waals surface area contributed by atoms with Crippen LogP contribution in [0.15, 0.2) is 4.79 Å². The average molecular weight is 368 g/mol. The fourth-order valence-corrected chi connectivity index (χ4v) is 4.41. The van der Waals surface area contributed by atoms with E-state index in [4.69, 9.17) is 0 Å². The third-order valence-electron chi connectivity index (χ3n) is 5.27. The molecule has 0 bridgehead atoms. The predicted octanol–water partition coefficient (Wildman–Crippen LogP) is -0.176. The molecule has 1 amide bonds. The van der Waals surface area contributed by atoms with E-state index in [1.807, 2.05) is 0 Å².